The van der Waals surface area contributed by atoms with Crippen molar-refractivity contribution >= 4 is 17.4 Å². The van der Waals surface area contributed by atoms with Crippen LogP contribution in [0.3, 0.4) is 0 Å². The molecule has 1 aromatic carbocycles. The van der Waals surface area contributed by atoms with Gasteiger partial charge in [-0.1, -0.05) is 30.2 Å². The molecule has 0 radical (unpaired) electrons. The Kier molecular flexibility index (Phi) is 3.90. The normalized spacial score (nSPS) is 26.6. The van der Waals surface area contributed by atoms with E-state index in [1.165, 1.54) is 32.4 Å². The van der Waals surface area contributed by atoms with E-state index >= 15 is 0 Å². The van der Waals surface area contributed by atoms with Crippen LogP contribution in [-0.4, -0.2) is 30.3 Å². The maximum atomic E-state index is 12.1. The monoisotopic (exact) mass is 277 g/mol. The molecule has 1 heterocycles. The molecule has 3 heteroatoms. The molecule has 0 bridgehead atoms. The third-order valence-electron chi connectivity index (χ3n) is 4.60. The van der Waals surface area contributed by atoms with Crippen molar-refractivity contribution < 1.29 is 4.79 Å². The van der Waals surface area contributed by atoms with Crippen LogP contribution < -0.4 is 0 Å². The van der Waals surface area contributed by atoms with E-state index in [2.05, 4.69) is 4.90 Å². The number of hydrogen-bond acceptors (Lipinski definition) is 2. The SMILES string of the molecule is O=C(CCN1CC2CCCC2C1)c1cccc(Cl)c1. The topological polar surface area (TPSA) is 20.3 Å². The van der Waals surface area contributed by atoms with Crippen LogP contribution in [0, 0.1) is 11.8 Å². The van der Waals surface area contributed by atoms with Gasteiger partial charge in [-0.3, -0.25) is 4.79 Å². The lowest BCUT2D eigenvalue weighted by Crippen LogP contribution is -2.24. The maximum Gasteiger partial charge on any atom is 0.164 e. The van der Waals surface area contributed by atoms with Crippen LogP contribution in [0.1, 0.15) is 36.0 Å². The lowest BCUT2D eigenvalue weighted by atomic mass is 10.0. The number of carbonyl (C=O) groups excluding carboxylic acids is 1. The molecule has 0 N–H and O–H groups in total. The van der Waals surface area contributed by atoms with Crippen molar-refractivity contribution in [2.45, 2.75) is 25.7 Å². The molecule has 102 valence electrons. The Morgan fingerprint density at radius 3 is 2.68 bits per heavy atom. The van der Waals surface area contributed by atoms with Crippen LogP contribution in [0.5, 0.6) is 0 Å². The summed E-state index contributed by atoms with van der Waals surface area (Å²) in [4.78, 5) is 14.6. The minimum atomic E-state index is 0.208. The average Bonchev–Trinajstić information content (AvgIpc) is 2.96. The number of halogens is 1. The zero-order valence-electron chi connectivity index (χ0n) is 11.1. The van der Waals surface area contributed by atoms with Crippen LogP contribution in [0.4, 0.5) is 0 Å². The number of nitrogens with zero attached hydrogens (tertiary/aromatic N) is 1. The van der Waals surface area contributed by atoms with Gasteiger partial charge in [0.15, 0.2) is 5.78 Å². The molecular formula is C16H20ClNO. The zero-order chi connectivity index (χ0) is 13.2. The number of benzene rings is 1. The number of fused-ring (bicyclic) bond motifs is 1. The van der Waals surface area contributed by atoms with Gasteiger partial charge in [-0.25, -0.2) is 0 Å². The second-order valence-electron chi connectivity index (χ2n) is 5.89. The third-order valence-corrected chi connectivity index (χ3v) is 4.84. The van der Waals surface area contributed by atoms with Crippen molar-refractivity contribution in [1.29, 1.82) is 0 Å². The predicted molar refractivity (Wildman–Crippen MR) is 77.7 cm³/mol. The fraction of sp³-hybridized carbons (Fsp3) is 0.562. The highest BCUT2D eigenvalue weighted by atomic mass is 35.5. The van der Waals surface area contributed by atoms with Gasteiger partial charge in [-0.2, -0.15) is 0 Å². The van der Waals surface area contributed by atoms with Crippen molar-refractivity contribution in [3.63, 3.8) is 0 Å². The molecule has 1 aliphatic heterocycles. The Hall–Kier alpha value is -0.860. The molecule has 2 atom stereocenters. The summed E-state index contributed by atoms with van der Waals surface area (Å²) in [5.41, 5.74) is 0.742. The molecule has 3 rings (SSSR count). The smallest absolute Gasteiger partial charge is 0.164 e. The van der Waals surface area contributed by atoms with Crippen molar-refractivity contribution in [1.82, 2.24) is 4.90 Å². The molecule has 2 unspecified atom stereocenters. The van der Waals surface area contributed by atoms with E-state index in [1.807, 2.05) is 12.1 Å². The van der Waals surface area contributed by atoms with E-state index in [9.17, 15) is 4.79 Å². The highest BCUT2D eigenvalue weighted by Crippen LogP contribution is 2.37. The summed E-state index contributed by atoms with van der Waals surface area (Å²) in [5, 5.41) is 0.640. The molecule has 1 saturated carbocycles. The summed E-state index contributed by atoms with van der Waals surface area (Å²) >= 11 is 5.92. The van der Waals surface area contributed by atoms with Gasteiger partial charge in [0, 0.05) is 36.6 Å². The van der Waals surface area contributed by atoms with Gasteiger partial charge in [0.25, 0.3) is 0 Å². The van der Waals surface area contributed by atoms with Crippen LogP contribution in [0.25, 0.3) is 0 Å². The fourth-order valence-corrected chi connectivity index (χ4v) is 3.77. The first-order chi connectivity index (χ1) is 9.22. The molecule has 0 spiro atoms. The summed E-state index contributed by atoms with van der Waals surface area (Å²) in [5.74, 6) is 2.02. The first-order valence-electron chi connectivity index (χ1n) is 7.23. The number of ketones is 1. The molecule has 2 nitrogen and oxygen atoms in total. The predicted octanol–water partition coefficient (Wildman–Crippen LogP) is 3.64. The van der Waals surface area contributed by atoms with Gasteiger partial charge in [0.1, 0.15) is 0 Å². The van der Waals surface area contributed by atoms with Gasteiger partial charge in [0.05, 0.1) is 0 Å². The Balaban J connectivity index is 1.51. The standard InChI is InChI=1S/C16H20ClNO/c17-15-6-2-3-12(9-15)16(19)7-8-18-10-13-4-1-5-14(13)11-18/h2-3,6,9,13-14H,1,4-5,7-8,10-11H2. The lowest BCUT2D eigenvalue weighted by Gasteiger charge is -2.15. The fourth-order valence-electron chi connectivity index (χ4n) is 3.58. The van der Waals surface area contributed by atoms with Crippen molar-refractivity contribution in [3.05, 3.63) is 34.9 Å². The molecule has 1 aliphatic carbocycles. The van der Waals surface area contributed by atoms with E-state index in [1.54, 1.807) is 12.1 Å². The first-order valence-corrected chi connectivity index (χ1v) is 7.61. The molecule has 0 aromatic heterocycles. The minimum Gasteiger partial charge on any atom is -0.302 e. The molecule has 1 aromatic rings. The molecule has 2 aliphatic rings. The quantitative estimate of drug-likeness (QED) is 0.783. The van der Waals surface area contributed by atoms with Gasteiger partial charge < -0.3 is 4.90 Å². The number of carbonyl (C=O) groups is 1. The summed E-state index contributed by atoms with van der Waals surface area (Å²) < 4.78 is 0. The number of rotatable bonds is 4. The Morgan fingerprint density at radius 2 is 2.00 bits per heavy atom. The van der Waals surface area contributed by atoms with E-state index in [4.69, 9.17) is 11.6 Å². The molecule has 1 saturated heterocycles. The van der Waals surface area contributed by atoms with Crippen molar-refractivity contribution in [2.75, 3.05) is 19.6 Å². The minimum absolute atomic E-state index is 0.208. The summed E-state index contributed by atoms with van der Waals surface area (Å²) in [7, 11) is 0. The largest absolute Gasteiger partial charge is 0.302 e. The van der Waals surface area contributed by atoms with E-state index in [-0.39, 0.29) is 5.78 Å². The number of hydrogen-bond donors (Lipinski definition) is 0. The average molecular weight is 278 g/mol. The highest BCUT2D eigenvalue weighted by Gasteiger charge is 2.35. The second kappa shape index (κ2) is 5.64. The van der Waals surface area contributed by atoms with Crippen LogP contribution in [-0.2, 0) is 0 Å². The van der Waals surface area contributed by atoms with Gasteiger partial charge in [0.2, 0.25) is 0 Å². The lowest BCUT2D eigenvalue weighted by molar-refractivity contribution is 0.0967. The molecule has 0 amide bonds. The summed E-state index contributed by atoms with van der Waals surface area (Å²) in [6.45, 7) is 3.30. The molecule has 2 fully saturated rings. The number of Topliss-reactive ketones (excluding diaryl/α,β-unsaturated/α-hetero) is 1. The van der Waals surface area contributed by atoms with E-state index in [0.717, 1.165) is 23.9 Å². The summed E-state index contributed by atoms with van der Waals surface area (Å²) in [6, 6.07) is 7.27. The van der Waals surface area contributed by atoms with Gasteiger partial charge in [-0.15, -0.1) is 0 Å². The van der Waals surface area contributed by atoms with E-state index in [0.29, 0.717) is 11.4 Å². The maximum absolute atomic E-state index is 12.1. The van der Waals surface area contributed by atoms with Gasteiger partial charge >= 0.3 is 0 Å². The Bertz CT molecular complexity index is 462. The Morgan fingerprint density at radius 1 is 1.26 bits per heavy atom. The first kappa shape index (κ1) is 13.1. The Labute approximate surface area is 119 Å². The van der Waals surface area contributed by atoms with Crippen LogP contribution in [0.2, 0.25) is 5.02 Å². The molecule has 19 heavy (non-hydrogen) atoms. The van der Waals surface area contributed by atoms with Crippen LogP contribution >= 0.6 is 11.6 Å². The third kappa shape index (κ3) is 3.01. The highest BCUT2D eigenvalue weighted by molar-refractivity contribution is 6.31. The van der Waals surface area contributed by atoms with Crippen LogP contribution in [0.15, 0.2) is 24.3 Å². The number of likely N-dealkylation sites (tertiary alicyclic amines) is 1. The van der Waals surface area contributed by atoms with Gasteiger partial charge in [-0.05, 0) is 36.8 Å². The zero-order valence-corrected chi connectivity index (χ0v) is 11.9. The van der Waals surface area contributed by atoms with Crippen molar-refractivity contribution in [3.8, 4) is 0 Å². The van der Waals surface area contributed by atoms with E-state index < -0.39 is 0 Å². The molecular weight excluding hydrogens is 258 g/mol. The second-order valence-corrected chi connectivity index (χ2v) is 6.33. The van der Waals surface area contributed by atoms with Crippen molar-refractivity contribution in [2.24, 2.45) is 11.8 Å². The summed E-state index contributed by atoms with van der Waals surface area (Å²) in [6.07, 6.45) is 4.80.